The molecule has 2 unspecified atom stereocenters. The molecule has 1 fully saturated rings. The summed E-state index contributed by atoms with van der Waals surface area (Å²) in [7, 11) is -4.14. The highest BCUT2D eigenvalue weighted by Gasteiger charge is 2.56. The minimum Gasteiger partial charge on any atom is -0.472 e. The zero-order valence-corrected chi connectivity index (χ0v) is 20.4. The number of benzene rings is 1. The molecule has 36 heavy (non-hydrogen) atoms. The van der Waals surface area contributed by atoms with Crippen LogP contribution in [0.5, 0.6) is 0 Å². The molecule has 0 spiro atoms. The predicted octanol–water partition coefficient (Wildman–Crippen LogP) is 2.82. The molecule has 192 valence electrons. The van der Waals surface area contributed by atoms with E-state index >= 15 is 0 Å². The summed E-state index contributed by atoms with van der Waals surface area (Å²) in [6.45, 7) is -0.344. The van der Waals surface area contributed by atoms with Crippen molar-refractivity contribution in [2.24, 2.45) is 5.73 Å². The third-order valence-corrected chi connectivity index (χ3v) is 7.89. The van der Waals surface area contributed by atoms with E-state index in [1.165, 1.54) is 18.6 Å². The summed E-state index contributed by atoms with van der Waals surface area (Å²) in [6, 6.07) is 5.80. The zero-order valence-electron chi connectivity index (χ0n) is 18.8. The topological polar surface area (TPSA) is 148 Å². The number of hydrogen-bond acceptors (Lipinski definition) is 8. The molecule has 3 N–H and O–H groups in total. The van der Waals surface area contributed by atoms with Crippen molar-refractivity contribution in [1.82, 2.24) is 19.1 Å². The number of rotatable bonds is 7. The SMILES string of the molecule is CS(=O)(=O)N1CCC(c2nc(SCc3ccc(C(=N)N)cc3)n(C(=O)c3ccoc3)n2)C1C(F)(F)F. The zero-order chi connectivity index (χ0) is 26.3. The van der Waals surface area contributed by atoms with Gasteiger partial charge < -0.3 is 10.2 Å². The molecule has 1 saturated heterocycles. The van der Waals surface area contributed by atoms with Gasteiger partial charge in [0.1, 0.15) is 18.1 Å². The number of carbonyl (C=O) groups excluding carboxylic acids is 1. The molecule has 4 rings (SSSR count). The van der Waals surface area contributed by atoms with Crippen molar-refractivity contribution < 1.29 is 30.8 Å². The van der Waals surface area contributed by atoms with Gasteiger partial charge in [0.2, 0.25) is 10.0 Å². The first-order valence-corrected chi connectivity index (χ1v) is 13.3. The van der Waals surface area contributed by atoms with Crippen molar-refractivity contribution in [1.29, 1.82) is 5.41 Å². The Morgan fingerprint density at radius 3 is 2.50 bits per heavy atom. The third kappa shape index (κ3) is 5.32. The number of nitrogen functional groups attached to an aromatic ring is 1. The van der Waals surface area contributed by atoms with Crippen LogP contribution in [-0.4, -0.2) is 64.2 Å². The summed E-state index contributed by atoms with van der Waals surface area (Å²) in [4.78, 5) is 17.3. The van der Waals surface area contributed by atoms with Gasteiger partial charge in [-0.1, -0.05) is 36.0 Å². The monoisotopic (exact) mass is 542 g/mol. The third-order valence-electron chi connectivity index (χ3n) is 5.63. The molecule has 3 aromatic rings. The van der Waals surface area contributed by atoms with Crippen LogP contribution < -0.4 is 5.73 Å². The van der Waals surface area contributed by atoms with Crippen molar-refractivity contribution in [3.8, 4) is 0 Å². The molecular formula is C21H21F3N6O4S2. The number of amidine groups is 1. The highest BCUT2D eigenvalue weighted by atomic mass is 32.2. The Morgan fingerprint density at radius 1 is 1.25 bits per heavy atom. The Hall–Kier alpha value is -3.17. The number of nitrogens with one attached hydrogen (secondary N) is 1. The summed E-state index contributed by atoms with van der Waals surface area (Å²) >= 11 is 1.07. The number of aromatic nitrogens is 3. The second-order valence-electron chi connectivity index (χ2n) is 8.14. The van der Waals surface area contributed by atoms with Crippen LogP contribution >= 0.6 is 11.8 Å². The molecule has 1 aliphatic rings. The van der Waals surface area contributed by atoms with Gasteiger partial charge in [-0.05, 0) is 18.1 Å². The summed E-state index contributed by atoms with van der Waals surface area (Å²) in [5, 5.41) is 11.6. The van der Waals surface area contributed by atoms with Crippen LogP contribution in [-0.2, 0) is 15.8 Å². The van der Waals surface area contributed by atoms with E-state index in [1.807, 2.05) is 0 Å². The van der Waals surface area contributed by atoms with Gasteiger partial charge in [0.15, 0.2) is 11.0 Å². The van der Waals surface area contributed by atoms with Crippen molar-refractivity contribution in [2.75, 3.05) is 12.8 Å². The average Bonchev–Trinajstić information content (AvgIpc) is 3.55. The maximum Gasteiger partial charge on any atom is 0.405 e. The van der Waals surface area contributed by atoms with Gasteiger partial charge in [-0.2, -0.15) is 22.2 Å². The van der Waals surface area contributed by atoms with Gasteiger partial charge in [0.25, 0.3) is 5.91 Å². The van der Waals surface area contributed by atoms with Crippen molar-refractivity contribution >= 4 is 33.5 Å². The highest BCUT2D eigenvalue weighted by Crippen LogP contribution is 2.43. The molecule has 1 aliphatic heterocycles. The fourth-order valence-electron chi connectivity index (χ4n) is 3.93. The molecule has 1 aromatic carbocycles. The van der Waals surface area contributed by atoms with E-state index in [0.717, 1.165) is 28.3 Å². The summed E-state index contributed by atoms with van der Waals surface area (Å²) < 4.78 is 72.1. The Kier molecular flexibility index (Phi) is 6.99. The largest absolute Gasteiger partial charge is 0.472 e. The van der Waals surface area contributed by atoms with Crippen LogP contribution in [0.1, 0.15) is 39.6 Å². The minimum atomic E-state index is -4.87. The van der Waals surface area contributed by atoms with Crippen LogP contribution in [0.15, 0.2) is 52.4 Å². The lowest BCUT2D eigenvalue weighted by Gasteiger charge is -2.27. The van der Waals surface area contributed by atoms with Crippen LogP contribution in [0.4, 0.5) is 13.2 Å². The molecular weight excluding hydrogens is 521 g/mol. The van der Waals surface area contributed by atoms with E-state index in [2.05, 4.69) is 10.1 Å². The van der Waals surface area contributed by atoms with E-state index in [-0.39, 0.29) is 41.1 Å². The molecule has 0 radical (unpaired) electrons. The maximum absolute atomic E-state index is 13.9. The molecule has 2 aromatic heterocycles. The normalized spacial score (nSPS) is 19.0. The summed E-state index contributed by atoms with van der Waals surface area (Å²) in [5.74, 6) is -2.11. The number of alkyl halides is 3. The lowest BCUT2D eigenvalue weighted by Crippen LogP contribution is -2.46. The molecule has 0 aliphatic carbocycles. The van der Waals surface area contributed by atoms with Gasteiger partial charge in [0.05, 0.1) is 18.1 Å². The molecule has 10 nitrogen and oxygen atoms in total. The van der Waals surface area contributed by atoms with E-state index < -0.39 is 34.1 Å². The summed E-state index contributed by atoms with van der Waals surface area (Å²) in [6.07, 6.45) is -1.84. The van der Waals surface area contributed by atoms with E-state index in [4.69, 9.17) is 15.6 Å². The molecule has 3 heterocycles. The number of thioether (sulfide) groups is 1. The number of furan rings is 1. The molecule has 0 saturated carbocycles. The van der Waals surface area contributed by atoms with Gasteiger partial charge in [-0.15, -0.1) is 5.10 Å². The Labute approximate surface area is 208 Å². The smallest absolute Gasteiger partial charge is 0.405 e. The maximum atomic E-state index is 13.9. The van der Waals surface area contributed by atoms with Gasteiger partial charge in [-0.25, -0.2) is 13.4 Å². The quantitative estimate of drug-likeness (QED) is 0.263. The van der Waals surface area contributed by atoms with E-state index in [0.29, 0.717) is 9.87 Å². The highest BCUT2D eigenvalue weighted by molar-refractivity contribution is 7.98. The Morgan fingerprint density at radius 2 is 1.94 bits per heavy atom. The summed E-state index contributed by atoms with van der Waals surface area (Å²) in [5.41, 5.74) is 6.89. The predicted molar refractivity (Wildman–Crippen MR) is 124 cm³/mol. The molecule has 15 heteroatoms. The molecule has 2 atom stereocenters. The minimum absolute atomic E-state index is 0.0468. The van der Waals surface area contributed by atoms with Gasteiger partial charge >= 0.3 is 6.18 Å². The lowest BCUT2D eigenvalue weighted by molar-refractivity contribution is -0.169. The number of halogens is 3. The number of nitrogens with two attached hydrogens (primary N) is 1. The lowest BCUT2D eigenvalue weighted by atomic mass is 10.00. The van der Waals surface area contributed by atoms with Crippen LogP contribution in [0, 0.1) is 5.41 Å². The number of carbonyl (C=O) groups is 1. The Bertz CT molecular complexity index is 1370. The van der Waals surface area contributed by atoms with Crippen molar-refractivity contribution in [3.63, 3.8) is 0 Å². The number of hydrogen-bond donors (Lipinski definition) is 2. The van der Waals surface area contributed by atoms with Crippen LogP contribution in [0.25, 0.3) is 0 Å². The van der Waals surface area contributed by atoms with Crippen LogP contribution in [0.2, 0.25) is 0 Å². The molecule has 0 amide bonds. The average molecular weight is 543 g/mol. The second-order valence-corrected chi connectivity index (χ2v) is 11.0. The van der Waals surface area contributed by atoms with E-state index in [9.17, 15) is 26.4 Å². The first-order valence-electron chi connectivity index (χ1n) is 10.5. The second kappa shape index (κ2) is 9.71. The van der Waals surface area contributed by atoms with Gasteiger partial charge in [0, 0.05) is 23.8 Å². The standard InChI is InChI=1S/C21H21F3N6O4S2/c1-36(32,33)29-8-6-15(16(29)21(22,23)24)18-27-20(30(28-18)19(31)14-7-9-34-10-14)35-11-12-2-4-13(5-3-12)17(25)26/h2-5,7,9-10,15-16H,6,8,11H2,1H3,(H3,25,26). The van der Waals surface area contributed by atoms with Crippen LogP contribution in [0.3, 0.4) is 0 Å². The number of sulfonamides is 1. The van der Waals surface area contributed by atoms with Crippen molar-refractivity contribution in [3.05, 3.63) is 65.4 Å². The van der Waals surface area contributed by atoms with E-state index in [1.54, 1.807) is 24.3 Å². The number of nitrogens with zero attached hydrogens (tertiary/aromatic N) is 4. The Balaban J connectivity index is 1.68. The first kappa shape index (κ1) is 25.9. The fraction of sp³-hybridized carbons (Fsp3) is 0.333. The molecule has 0 bridgehead atoms. The fourth-order valence-corrected chi connectivity index (χ4v) is 5.94. The first-order chi connectivity index (χ1) is 16.9. The van der Waals surface area contributed by atoms with Gasteiger partial charge in [-0.3, -0.25) is 10.2 Å². The van der Waals surface area contributed by atoms with Crippen molar-refractivity contribution in [2.45, 2.75) is 35.5 Å².